The lowest BCUT2D eigenvalue weighted by Crippen LogP contribution is -2.01. The maximum atomic E-state index is 8.90. The number of anilines is 1. The predicted octanol–water partition coefficient (Wildman–Crippen LogP) is 3.54. The van der Waals surface area contributed by atoms with Crippen molar-refractivity contribution in [2.45, 2.75) is 20.4 Å². The minimum absolute atomic E-state index is 0.616. The Hall–Kier alpha value is -1.80. The van der Waals surface area contributed by atoms with Crippen LogP contribution in [0.25, 0.3) is 0 Å². The summed E-state index contributed by atoms with van der Waals surface area (Å²) in [6.45, 7) is 4.43. The molecule has 0 aliphatic carbocycles. The zero-order chi connectivity index (χ0) is 13.1. The van der Waals surface area contributed by atoms with Gasteiger partial charge in [0.1, 0.15) is 5.76 Å². The van der Waals surface area contributed by atoms with Gasteiger partial charge in [-0.25, -0.2) is 0 Å². The van der Waals surface area contributed by atoms with Gasteiger partial charge in [0.2, 0.25) is 0 Å². The molecule has 0 aliphatic rings. The highest BCUT2D eigenvalue weighted by Crippen LogP contribution is 2.21. The van der Waals surface area contributed by atoms with Gasteiger partial charge in [0.25, 0.3) is 0 Å². The molecule has 0 bridgehead atoms. The van der Waals surface area contributed by atoms with Gasteiger partial charge >= 0.3 is 0 Å². The Kier molecular flexibility index (Phi) is 3.68. The topological polar surface area (TPSA) is 61.9 Å². The van der Waals surface area contributed by atoms with Crippen LogP contribution in [0.4, 0.5) is 5.69 Å². The lowest BCUT2D eigenvalue weighted by Gasteiger charge is -2.07. The van der Waals surface area contributed by atoms with Crippen LogP contribution >= 0.6 is 15.9 Å². The highest BCUT2D eigenvalue weighted by atomic mass is 79.9. The largest absolute Gasteiger partial charge is 0.381 e. The molecule has 0 saturated carbocycles. The Morgan fingerprint density at radius 3 is 2.78 bits per heavy atom. The Morgan fingerprint density at radius 2 is 2.17 bits per heavy atom. The average Bonchev–Trinajstić information content (AvgIpc) is 2.66. The Balaban J connectivity index is 2.16. The van der Waals surface area contributed by atoms with E-state index in [0.29, 0.717) is 12.1 Å². The molecule has 1 N–H and O–H groups in total. The highest BCUT2D eigenvalue weighted by Gasteiger charge is 2.08. The number of hydrogen-bond acceptors (Lipinski definition) is 4. The number of nitriles is 1. The number of halogens is 1. The Labute approximate surface area is 114 Å². The lowest BCUT2D eigenvalue weighted by molar-refractivity contribution is 0.392. The van der Waals surface area contributed by atoms with Crippen molar-refractivity contribution in [2.24, 2.45) is 0 Å². The number of nitrogens with zero attached hydrogens (tertiary/aromatic N) is 2. The molecule has 4 nitrogen and oxygen atoms in total. The van der Waals surface area contributed by atoms with Gasteiger partial charge in [-0.15, -0.1) is 0 Å². The van der Waals surface area contributed by atoms with Crippen LogP contribution in [-0.4, -0.2) is 5.16 Å². The van der Waals surface area contributed by atoms with Gasteiger partial charge < -0.3 is 9.84 Å². The number of aryl methyl sites for hydroxylation is 2. The fraction of sp³-hybridized carbons (Fsp3) is 0.231. The third kappa shape index (κ3) is 2.71. The third-order valence-corrected chi connectivity index (χ3v) is 3.14. The van der Waals surface area contributed by atoms with E-state index in [4.69, 9.17) is 9.78 Å². The quantitative estimate of drug-likeness (QED) is 0.942. The van der Waals surface area contributed by atoms with Gasteiger partial charge in [-0.3, -0.25) is 0 Å². The van der Waals surface area contributed by atoms with Crippen LogP contribution < -0.4 is 5.32 Å². The lowest BCUT2D eigenvalue weighted by atomic mass is 10.2. The van der Waals surface area contributed by atoms with E-state index in [1.165, 1.54) is 0 Å². The average molecular weight is 306 g/mol. The highest BCUT2D eigenvalue weighted by molar-refractivity contribution is 9.10. The molecule has 0 fully saturated rings. The third-order valence-electron chi connectivity index (χ3n) is 2.68. The summed E-state index contributed by atoms with van der Waals surface area (Å²) < 4.78 is 5.98. The molecule has 5 heteroatoms. The summed E-state index contributed by atoms with van der Waals surface area (Å²) in [5.74, 6) is 0.815. The predicted molar refractivity (Wildman–Crippen MR) is 72.2 cm³/mol. The smallest absolute Gasteiger partial charge is 0.138 e. The Bertz CT molecular complexity index is 594. The summed E-state index contributed by atoms with van der Waals surface area (Å²) in [4.78, 5) is 0. The molecule has 0 amide bonds. The van der Waals surface area contributed by atoms with Crippen molar-refractivity contribution in [1.82, 2.24) is 5.16 Å². The molecule has 1 aromatic heterocycles. The molecule has 0 atom stereocenters. The van der Waals surface area contributed by atoms with Gasteiger partial charge in [-0.1, -0.05) is 21.1 Å². The molecular weight excluding hydrogens is 294 g/mol. The van der Waals surface area contributed by atoms with Gasteiger partial charge in [0.05, 0.1) is 17.3 Å². The molecule has 92 valence electrons. The fourth-order valence-electron chi connectivity index (χ4n) is 1.70. The summed E-state index contributed by atoms with van der Waals surface area (Å²) in [5, 5.41) is 16.1. The van der Waals surface area contributed by atoms with Crippen LogP contribution in [0.2, 0.25) is 0 Å². The molecule has 0 spiro atoms. The van der Waals surface area contributed by atoms with Crippen LogP contribution in [0.1, 0.15) is 22.6 Å². The van der Waals surface area contributed by atoms with Gasteiger partial charge in [0, 0.05) is 22.3 Å². The fourth-order valence-corrected chi connectivity index (χ4v) is 2.19. The van der Waals surface area contributed by atoms with Crippen LogP contribution in [0, 0.1) is 25.2 Å². The maximum absolute atomic E-state index is 8.90. The Morgan fingerprint density at radius 1 is 1.39 bits per heavy atom. The first-order valence-electron chi connectivity index (χ1n) is 5.46. The summed E-state index contributed by atoms with van der Waals surface area (Å²) in [6, 6.07) is 7.64. The van der Waals surface area contributed by atoms with E-state index in [0.717, 1.165) is 27.2 Å². The van der Waals surface area contributed by atoms with E-state index in [1.807, 2.05) is 26.0 Å². The van der Waals surface area contributed by atoms with E-state index in [1.54, 1.807) is 6.07 Å². The van der Waals surface area contributed by atoms with E-state index in [2.05, 4.69) is 32.5 Å². The molecule has 0 unspecified atom stereocenters. The van der Waals surface area contributed by atoms with Crippen LogP contribution in [0.15, 0.2) is 27.2 Å². The minimum Gasteiger partial charge on any atom is -0.381 e. The number of aromatic nitrogens is 1. The molecule has 1 heterocycles. The molecule has 18 heavy (non-hydrogen) atoms. The molecule has 1 aromatic carbocycles. The second-order valence-corrected chi connectivity index (χ2v) is 4.91. The number of rotatable bonds is 3. The molecule has 0 saturated heterocycles. The van der Waals surface area contributed by atoms with Crippen LogP contribution in [0.3, 0.4) is 0 Å². The summed E-state index contributed by atoms with van der Waals surface area (Å²) in [7, 11) is 0. The van der Waals surface area contributed by atoms with E-state index in [9.17, 15) is 0 Å². The van der Waals surface area contributed by atoms with E-state index in [-0.39, 0.29) is 0 Å². The zero-order valence-electron chi connectivity index (χ0n) is 10.1. The van der Waals surface area contributed by atoms with Crippen LogP contribution in [0.5, 0.6) is 0 Å². The molecule has 0 aliphatic heterocycles. The first-order valence-corrected chi connectivity index (χ1v) is 6.26. The first-order chi connectivity index (χ1) is 8.60. The van der Waals surface area contributed by atoms with E-state index >= 15 is 0 Å². The van der Waals surface area contributed by atoms with Gasteiger partial charge in [-0.2, -0.15) is 5.26 Å². The van der Waals surface area contributed by atoms with Crippen molar-refractivity contribution >= 4 is 21.6 Å². The molecule has 2 rings (SSSR count). The van der Waals surface area contributed by atoms with Gasteiger partial charge in [0.15, 0.2) is 0 Å². The van der Waals surface area contributed by atoms with Crippen molar-refractivity contribution in [2.75, 3.05) is 5.32 Å². The minimum atomic E-state index is 0.616. The number of nitrogens with one attached hydrogen (secondary N) is 1. The van der Waals surface area contributed by atoms with Crippen molar-refractivity contribution in [3.8, 4) is 6.07 Å². The first kappa shape index (κ1) is 12.7. The van der Waals surface area contributed by atoms with Crippen LogP contribution in [-0.2, 0) is 6.54 Å². The number of benzene rings is 1. The monoisotopic (exact) mass is 305 g/mol. The number of hydrogen-bond donors (Lipinski definition) is 1. The zero-order valence-corrected chi connectivity index (χ0v) is 11.7. The van der Waals surface area contributed by atoms with Crippen molar-refractivity contribution in [3.63, 3.8) is 0 Å². The molecule has 2 aromatic rings. The summed E-state index contributed by atoms with van der Waals surface area (Å²) in [6.07, 6.45) is 0. The van der Waals surface area contributed by atoms with Crippen molar-refractivity contribution in [3.05, 3.63) is 45.3 Å². The van der Waals surface area contributed by atoms with Crippen molar-refractivity contribution < 1.29 is 4.52 Å². The summed E-state index contributed by atoms with van der Waals surface area (Å²) in [5.41, 5.74) is 3.44. The SMILES string of the molecule is Cc1noc(C)c1CNc1cc(Br)cc(C#N)c1. The van der Waals surface area contributed by atoms with Crippen molar-refractivity contribution in [1.29, 1.82) is 5.26 Å². The normalized spacial score (nSPS) is 10.1. The standard InChI is InChI=1S/C13H12BrN3O/c1-8-13(9(2)18-17-8)7-16-12-4-10(6-15)3-11(14)5-12/h3-5,16H,7H2,1-2H3. The second kappa shape index (κ2) is 5.23. The summed E-state index contributed by atoms with van der Waals surface area (Å²) >= 11 is 3.38. The maximum Gasteiger partial charge on any atom is 0.138 e. The van der Waals surface area contributed by atoms with Gasteiger partial charge in [-0.05, 0) is 32.0 Å². The molecular formula is C13H12BrN3O. The van der Waals surface area contributed by atoms with E-state index < -0.39 is 0 Å². The molecule has 0 radical (unpaired) electrons. The second-order valence-electron chi connectivity index (χ2n) is 4.00.